The topological polar surface area (TPSA) is 43.8 Å². The molecule has 0 amide bonds. The van der Waals surface area contributed by atoms with E-state index >= 15 is 0 Å². The lowest BCUT2D eigenvalue weighted by Crippen LogP contribution is -2.05. The molecule has 0 aliphatic heterocycles. The Labute approximate surface area is 79.9 Å². The number of nitrogens with zero attached hydrogens (tertiary/aromatic N) is 2. The van der Waals surface area contributed by atoms with Crippen LogP contribution in [0.5, 0.6) is 0 Å². The number of unbranched alkanes of at least 4 members (excludes halogenated alkanes) is 2. The largest absolute Gasteiger partial charge is 0.396 e. The summed E-state index contributed by atoms with van der Waals surface area (Å²) in [6.07, 6.45) is 8.65. The van der Waals surface area contributed by atoms with Crippen LogP contribution in [0.3, 0.4) is 0 Å². The van der Waals surface area contributed by atoms with E-state index in [1.807, 2.05) is 10.9 Å². The van der Waals surface area contributed by atoms with Crippen molar-refractivity contribution in [3.63, 3.8) is 0 Å². The number of anilines is 1. The standard InChI is InChI=1S/C10H19N3/c1-3-4-5-6-9(2)13-8-10(11)7-12-13/h7-9H,3-6,11H2,1-2H3/t9-/m0/s1. The predicted octanol–water partition coefficient (Wildman–Crippen LogP) is 2.61. The molecule has 0 spiro atoms. The molecule has 0 saturated heterocycles. The zero-order chi connectivity index (χ0) is 9.68. The van der Waals surface area contributed by atoms with Crippen molar-refractivity contribution >= 4 is 5.69 Å². The summed E-state index contributed by atoms with van der Waals surface area (Å²) in [5.41, 5.74) is 6.34. The molecule has 1 aromatic heterocycles. The normalized spacial score (nSPS) is 13.1. The molecule has 13 heavy (non-hydrogen) atoms. The third kappa shape index (κ3) is 3.09. The summed E-state index contributed by atoms with van der Waals surface area (Å²) >= 11 is 0. The quantitative estimate of drug-likeness (QED) is 0.709. The lowest BCUT2D eigenvalue weighted by Gasteiger charge is -2.10. The fourth-order valence-corrected chi connectivity index (χ4v) is 1.42. The number of hydrogen-bond donors (Lipinski definition) is 1. The van der Waals surface area contributed by atoms with Crippen LogP contribution < -0.4 is 5.73 Å². The van der Waals surface area contributed by atoms with Gasteiger partial charge in [0.15, 0.2) is 0 Å². The molecule has 0 unspecified atom stereocenters. The zero-order valence-electron chi connectivity index (χ0n) is 8.53. The summed E-state index contributed by atoms with van der Waals surface area (Å²) in [5.74, 6) is 0. The highest BCUT2D eigenvalue weighted by Gasteiger charge is 2.04. The van der Waals surface area contributed by atoms with Gasteiger partial charge in [-0.3, -0.25) is 4.68 Å². The average Bonchev–Trinajstić information content (AvgIpc) is 2.52. The maximum absolute atomic E-state index is 5.59. The van der Waals surface area contributed by atoms with Crippen LogP contribution in [0, 0.1) is 0 Å². The van der Waals surface area contributed by atoms with E-state index in [4.69, 9.17) is 5.73 Å². The molecule has 0 aromatic carbocycles. The van der Waals surface area contributed by atoms with Crippen LogP contribution in [0.2, 0.25) is 0 Å². The van der Waals surface area contributed by atoms with E-state index in [0.717, 1.165) is 5.69 Å². The molecular weight excluding hydrogens is 162 g/mol. The number of nitrogen functional groups attached to an aromatic ring is 1. The van der Waals surface area contributed by atoms with Gasteiger partial charge in [0.25, 0.3) is 0 Å². The SMILES string of the molecule is CCCCC[C@H](C)n1cc(N)cn1. The van der Waals surface area contributed by atoms with Crippen molar-refractivity contribution in [2.75, 3.05) is 5.73 Å². The monoisotopic (exact) mass is 181 g/mol. The highest BCUT2D eigenvalue weighted by molar-refractivity contribution is 5.30. The first-order valence-corrected chi connectivity index (χ1v) is 5.03. The van der Waals surface area contributed by atoms with E-state index in [2.05, 4.69) is 18.9 Å². The minimum Gasteiger partial charge on any atom is -0.396 e. The van der Waals surface area contributed by atoms with Gasteiger partial charge in [-0.1, -0.05) is 26.2 Å². The van der Waals surface area contributed by atoms with Crippen molar-refractivity contribution in [2.45, 2.75) is 45.6 Å². The van der Waals surface area contributed by atoms with Gasteiger partial charge in [0.2, 0.25) is 0 Å². The molecule has 74 valence electrons. The Morgan fingerprint density at radius 1 is 1.54 bits per heavy atom. The third-order valence-corrected chi connectivity index (χ3v) is 2.30. The molecule has 0 bridgehead atoms. The Hall–Kier alpha value is -0.990. The van der Waals surface area contributed by atoms with Crippen LogP contribution in [-0.4, -0.2) is 9.78 Å². The fourth-order valence-electron chi connectivity index (χ4n) is 1.42. The molecule has 2 N–H and O–H groups in total. The Morgan fingerprint density at radius 3 is 2.85 bits per heavy atom. The van der Waals surface area contributed by atoms with Crippen molar-refractivity contribution in [1.82, 2.24) is 9.78 Å². The number of hydrogen-bond acceptors (Lipinski definition) is 2. The van der Waals surface area contributed by atoms with Gasteiger partial charge < -0.3 is 5.73 Å². The van der Waals surface area contributed by atoms with Gasteiger partial charge in [-0.05, 0) is 13.3 Å². The Bertz CT molecular complexity index is 242. The van der Waals surface area contributed by atoms with Crippen molar-refractivity contribution in [3.05, 3.63) is 12.4 Å². The molecule has 0 aliphatic carbocycles. The molecule has 1 rings (SSSR count). The van der Waals surface area contributed by atoms with Crippen LogP contribution in [0.15, 0.2) is 12.4 Å². The second-order valence-corrected chi connectivity index (χ2v) is 3.60. The minimum atomic E-state index is 0.476. The summed E-state index contributed by atoms with van der Waals surface area (Å²) in [7, 11) is 0. The van der Waals surface area contributed by atoms with Crippen molar-refractivity contribution in [1.29, 1.82) is 0 Å². The lowest BCUT2D eigenvalue weighted by molar-refractivity contribution is 0.438. The second-order valence-electron chi connectivity index (χ2n) is 3.60. The molecule has 0 radical (unpaired) electrons. The minimum absolute atomic E-state index is 0.476. The molecule has 0 aliphatic rings. The van der Waals surface area contributed by atoms with Crippen molar-refractivity contribution in [2.24, 2.45) is 0 Å². The van der Waals surface area contributed by atoms with Gasteiger partial charge in [0.05, 0.1) is 11.9 Å². The zero-order valence-corrected chi connectivity index (χ0v) is 8.53. The van der Waals surface area contributed by atoms with E-state index in [9.17, 15) is 0 Å². The lowest BCUT2D eigenvalue weighted by atomic mass is 10.1. The maximum atomic E-state index is 5.59. The van der Waals surface area contributed by atoms with Crippen LogP contribution in [0.25, 0.3) is 0 Å². The first-order valence-electron chi connectivity index (χ1n) is 5.03. The first kappa shape index (κ1) is 10.1. The van der Waals surface area contributed by atoms with Crippen LogP contribution in [-0.2, 0) is 0 Å². The Kier molecular flexibility index (Phi) is 3.80. The summed E-state index contributed by atoms with van der Waals surface area (Å²) < 4.78 is 1.95. The summed E-state index contributed by atoms with van der Waals surface area (Å²) in [4.78, 5) is 0. The van der Waals surface area contributed by atoms with Gasteiger partial charge in [0, 0.05) is 12.2 Å². The number of aromatic nitrogens is 2. The number of rotatable bonds is 5. The molecule has 1 atom stereocenters. The van der Waals surface area contributed by atoms with E-state index in [-0.39, 0.29) is 0 Å². The van der Waals surface area contributed by atoms with Crippen LogP contribution >= 0.6 is 0 Å². The maximum Gasteiger partial charge on any atom is 0.0719 e. The van der Waals surface area contributed by atoms with E-state index in [1.165, 1.54) is 25.7 Å². The highest BCUT2D eigenvalue weighted by Crippen LogP contribution is 2.15. The molecule has 1 aromatic rings. The fraction of sp³-hybridized carbons (Fsp3) is 0.700. The van der Waals surface area contributed by atoms with Crippen LogP contribution in [0.4, 0.5) is 5.69 Å². The highest BCUT2D eigenvalue weighted by atomic mass is 15.3. The molecule has 1 heterocycles. The van der Waals surface area contributed by atoms with Crippen molar-refractivity contribution in [3.8, 4) is 0 Å². The van der Waals surface area contributed by atoms with E-state index in [1.54, 1.807) is 6.20 Å². The van der Waals surface area contributed by atoms with Gasteiger partial charge >= 0.3 is 0 Å². The Balaban J connectivity index is 2.35. The van der Waals surface area contributed by atoms with Gasteiger partial charge in [-0.2, -0.15) is 5.10 Å². The smallest absolute Gasteiger partial charge is 0.0719 e. The van der Waals surface area contributed by atoms with E-state index in [0.29, 0.717) is 6.04 Å². The molecule has 0 fully saturated rings. The molecule has 3 nitrogen and oxygen atoms in total. The van der Waals surface area contributed by atoms with Crippen LogP contribution in [0.1, 0.15) is 45.6 Å². The molecule has 3 heteroatoms. The predicted molar refractivity (Wildman–Crippen MR) is 55.5 cm³/mol. The summed E-state index contributed by atoms with van der Waals surface area (Å²) in [6, 6.07) is 0.476. The first-order chi connectivity index (χ1) is 6.24. The van der Waals surface area contributed by atoms with E-state index < -0.39 is 0 Å². The molecular formula is C10H19N3. The summed E-state index contributed by atoms with van der Waals surface area (Å²) in [6.45, 7) is 4.40. The number of nitrogens with two attached hydrogens (primary N) is 1. The molecule has 0 saturated carbocycles. The Morgan fingerprint density at radius 2 is 2.31 bits per heavy atom. The second kappa shape index (κ2) is 4.90. The summed E-state index contributed by atoms with van der Waals surface area (Å²) in [5, 5.41) is 4.19. The van der Waals surface area contributed by atoms with Gasteiger partial charge in [0.1, 0.15) is 0 Å². The van der Waals surface area contributed by atoms with Gasteiger partial charge in [-0.25, -0.2) is 0 Å². The average molecular weight is 181 g/mol. The third-order valence-electron chi connectivity index (χ3n) is 2.30. The van der Waals surface area contributed by atoms with Gasteiger partial charge in [-0.15, -0.1) is 0 Å². The van der Waals surface area contributed by atoms with Crippen molar-refractivity contribution < 1.29 is 0 Å².